The Bertz CT molecular complexity index is 1080. The lowest BCUT2D eigenvalue weighted by molar-refractivity contribution is 0.0252. The van der Waals surface area contributed by atoms with Gasteiger partial charge in [-0.25, -0.2) is 13.9 Å². The minimum atomic E-state index is -0.738. The Morgan fingerprint density at radius 3 is 2.53 bits per heavy atom. The molecule has 2 heterocycles. The lowest BCUT2D eigenvalue weighted by Gasteiger charge is -2.24. The zero-order valence-electron chi connectivity index (χ0n) is 18.7. The molecule has 0 bridgehead atoms. The number of hydrogen-bond acceptors (Lipinski definition) is 6. The maximum absolute atomic E-state index is 14.2. The Balaban J connectivity index is 1.82. The van der Waals surface area contributed by atoms with Crippen molar-refractivity contribution >= 4 is 12.0 Å². The van der Waals surface area contributed by atoms with Crippen molar-refractivity contribution < 1.29 is 23.5 Å². The molecule has 10 heteroatoms. The zero-order valence-corrected chi connectivity index (χ0v) is 18.7. The van der Waals surface area contributed by atoms with Crippen molar-refractivity contribution in [1.29, 1.82) is 0 Å². The van der Waals surface area contributed by atoms with Gasteiger partial charge < -0.3 is 19.7 Å². The van der Waals surface area contributed by atoms with Crippen LogP contribution in [0.25, 0.3) is 5.69 Å². The third-order valence-corrected chi connectivity index (χ3v) is 4.94. The Kier molecular flexibility index (Phi) is 6.63. The van der Waals surface area contributed by atoms with Crippen LogP contribution in [0.3, 0.4) is 0 Å². The van der Waals surface area contributed by atoms with Crippen molar-refractivity contribution in [3.8, 4) is 5.69 Å². The maximum Gasteiger partial charge on any atom is 0.410 e. The van der Waals surface area contributed by atoms with Crippen LogP contribution in [0.15, 0.2) is 35.1 Å². The van der Waals surface area contributed by atoms with Gasteiger partial charge in [-0.3, -0.25) is 9.59 Å². The van der Waals surface area contributed by atoms with E-state index in [2.05, 4.69) is 10.4 Å². The minimum Gasteiger partial charge on any atom is -0.444 e. The van der Waals surface area contributed by atoms with Gasteiger partial charge in [0.2, 0.25) is 5.43 Å². The number of nitrogens with zero attached hydrogens (tertiary/aromatic N) is 3. The molecule has 1 N–H and O–H groups in total. The number of benzene rings is 1. The number of carbonyl (C=O) groups excluding carboxylic acids is 2. The molecule has 2 aromatic rings. The molecule has 2 unspecified atom stereocenters. The summed E-state index contributed by atoms with van der Waals surface area (Å²) >= 11 is 0. The lowest BCUT2D eigenvalue weighted by Crippen LogP contribution is -2.45. The Morgan fingerprint density at radius 1 is 1.22 bits per heavy atom. The first-order valence-corrected chi connectivity index (χ1v) is 10.2. The number of amides is 2. The fourth-order valence-electron chi connectivity index (χ4n) is 3.44. The summed E-state index contributed by atoms with van der Waals surface area (Å²) in [6, 6.07) is 6.57. The largest absolute Gasteiger partial charge is 0.444 e. The van der Waals surface area contributed by atoms with Crippen molar-refractivity contribution in [2.75, 3.05) is 20.2 Å². The molecular weight excluding hydrogens is 419 g/mol. The second kappa shape index (κ2) is 9.07. The molecule has 3 rings (SSSR count). The van der Waals surface area contributed by atoms with E-state index < -0.39 is 41.0 Å². The standard InChI is InChI=1S/C22H27FN4O5/c1-13-10-17(28)19(25-27(13)16-9-7-6-8-14(16)23)20(29)24-15-11-26(12-18(15)31-5)21(30)32-22(2,3)4/h6-10,15,18H,11-12H2,1-5H3,(H,24,29). The zero-order chi connectivity index (χ0) is 23.6. The molecule has 2 atom stereocenters. The van der Waals surface area contributed by atoms with Gasteiger partial charge in [0.25, 0.3) is 5.91 Å². The summed E-state index contributed by atoms with van der Waals surface area (Å²) in [5.74, 6) is -1.28. The van der Waals surface area contributed by atoms with Gasteiger partial charge in [-0.05, 0) is 39.8 Å². The molecule has 0 spiro atoms. The summed E-state index contributed by atoms with van der Waals surface area (Å²) in [4.78, 5) is 39.2. The van der Waals surface area contributed by atoms with Crippen LogP contribution < -0.4 is 10.7 Å². The smallest absolute Gasteiger partial charge is 0.410 e. The number of hydrogen-bond donors (Lipinski definition) is 1. The van der Waals surface area contributed by atoms with Gasteiger partial charge in [-0.15, -0.1) is 0 Å². The summed E-state index contributed by atoms with van der Waals surface area (Å²) in [5, 5.41) is 6.82. The van der Waals surface area contributed by atoms with E-state index in [1.165, 1.54) is 41.0 Å². The van der Waals surface area contributed by atoms with Crippen LogP contribution >= 0.6 is 0 Å². The molecule has 1 aromatic heterocycles. The van der Waals surface area contributed by atoms with Gasteiger partial charge in [0.15, 0.2) is 5.69 Å². The second-order valence-corrected chi connectivity index (χ2v) is 8.60. The van der Waals surface area contributed by atoms with Crippen molar-refractivity contribution in [3.05, 3.63) is 57.8 Å². The molecule has 0 radical (unpaired) electrons. The number of aryl methyl sites for hydroxylation is 1. The van der Waals surface area contributed by atoms with Crippen LogP contribution in [0.4, 0.5) is 9.18 Å². The molecule has 2 amide bonds. The fourth-order valence-corrected chi connectivity index (χ4v) is 3.44. The van der Waals surface area contributed by atoms with Crippen LogP contribution in [-0.4, -0.2) is 64.6 Å². The fraction of sp³-hybridized carbons (Fsp3) is 0.455. The molecule has 0 saturated carbocycles. The van der Waals surface area contributed by atoms with E-state index in [0.717, 1.165) is 0 Å². The second-order valence-electron chi connectivity index (χ2n) is 8.60. The van der Waals surface area contributed by atoms with E-state index in [0.29, 0.717) is 5.69 Å². The Hall–Kier alpha value is -3.27. The first kappa shape index (κ1) is 23.4. The molecule has 1 fully saturated rings. The molecular formula is C22H27FN4O5. The van der Waals surface area contributed by atoms with Crippen LogP contribution in [0.2, 0.25) is 0 Å². The minimum absolute atomic E-state index is 0.116. The van der Waals surface area contributed by atoms with Crippen LogP contribution in [0.1, 0.15) is 37.0 Å². The number of halogens is 1. The van der Waals surface area contributed by atoms with E-state index in [9.17, 15) is 18.8 Å². The summed E-state index contributed by atoms with van der Waals surface area (Å²) < 4.78 is 26.2. The molecule has 1 aliphatic rings. The van der Waals surface area contributed by atoms with Crippen molar-refractivity contribution in [2.45, 2.75) is 45.4 Å². The quantitative estimate of drug-likeness (QED) is 0.771. The van der Waals surface area contributed by atoms with Gasteiger partial charge in [0, 0.05) is 25.4 Å². The number of likely N-dealkylation sites (tertiary alicyclic amines) is 1. The molecule has 1 saturated heterocycles. The first-order valence-electron chi connectivity index (χ1n) is 10.2. The highest BCUT2D eigenvalue weighted by Gasteiger charge is 2.38. The number of rotatable bonds is 4. The lowest BCUT2D eigenvalue weighted by atomic mass is 10.2. The van der Waals surface area contributed by atoms with Gasteiger partial charge in [-0.2, -0.15) is 5.10 Å². The van der Waals surface area contributed by atoms with Crippen LogP contribution in [0, 0.1) is 12.7 Å². The third-order valence-electron chi connectivity index (χ3n) is 4.94. The molecule has 32 heavy (non-hydrogen) atoms. The molecule has 1 aliphatic heterocycles. The normalized spacial score (nSPS) is 18.5. The number of para-hydroxylation sites is 1. The number of methoxy groups -OCH3 is 1. The summed E-state index contributed by atoms with van der Waals surface area (Å²) in [7, 11) is 1.47. The Morgan fingerprint density at radius 2 is 1.91 bits per heavy atom. The average molecular weight is 446 g/mol. The predicted molar refractivity (Wildman–Crippen MR) is 114 cm³/mol. The highest BCUT2D eigenvalue weighted by atomic mass is 19.1. The van der Waals surface area contributed by atoms with Gasteiger partial charge in [0.1, 0.15) is 17.1 Å². The average Bonchev–Trinajstić information content (AvgIpc) is 3.10. The van der Waals surface area contributed by atoms with Crippen molar-refractivity contribution in [2.24, 2.45) is 0 Å². The molecule has 0 aliphatic carbocycles. The van der Waals surface area contributed by atoms with Gasteiger partial charge in [0.05, 0.1) is 18.7 Å². The molecule has 1 aromatic carbocycles. The van der Waals surface area contributed by atoms with Crippen molar-refractivity contribution in [3.63, 3.8) is 0 Å². The van der Waals surface area contributed by atoms with E-state index in [1.807, 2.05) is 0 Å². The SMILES string of the molecule is COC1CN(C(=O)OC(C)(C)C)CC1NC(=O)c1nn(-c2ccccc2F)c(C)cc1=O. The number of carbonyl (C=O) groups is 2. The van der Waals surface area contributed by atoms with E-state index in [1.54, 1.807) is 33.8 Å². The summed E-state index contributed by atoms with van der Waals surface area (Å²) in [6.07, 6.45) is -1.02. The third kappa shape index (κ3) is 5.13. The maximum atomic E-state index is 14.2. The van der Waals surface area contributed by atoms with Crippen molar-refractivity contribution in [1.82, 2.24) is 20.0 Å². The van der Waals surface area contributed by atoms with E-state index >= 15 is 0 Å². The highest BCUT2D eigenvalue weighted by molar-refractivity contribution is 5.92. The predicted octanol–water partition coefficient (Wildman–Crippen LogP) is 2.04. The van der Waals surface area contributed by atoms with E-state index in [4.69, 9.17) is 9.47 Å². The van der Waals surface area contributed by atoms with Gasteiger partial charge in [-0.1, -0.05) is 12.1 Å². The number of ether oxygens (including phenoxy) is 2. The van der Waals surface area contributed by atoms with Gasteiger partial charge >= 0.3 is 6.09 Å². The summed E-state index contributed by atoms with van der Waals surface area (Å²) in [6.45, 7) is 7.25. The number of aromatic nitrogens is 2. The highest BCUT2D eigenvalue weighted by Crippen LogP contribution is 2.18. The Labute approximate surface area is 185 Å². The topological polar surface area (TPSA) is 103 Å². The summed E-state index contributed by atoms with van der Waals surface area (Å²) in [5.41, 5.74) is -1.15. The monoisotopic (exact) mass is 446 g/mol. The first-order chi connectivity index (χ1) is 15.0. The van der Waals surface area contributed by atoms with Crippen LogP contribution in [0.5, 0.6) is 0 Å². The number of nitrogens with one attached hydrogen (secondary N) is 1. The van der Waals surface area contributed by atoms with E-state index in [-0.39, 0.29) is 24.5 Å². The molecule has 9 nitrogen and oxygen atoms in total. The molecule has 172 valence electrons. The van der Waals surface area contributed by atoms with Crippen LogP contribution in [-0.2, 0) is 9.47 Å².